The fourth-order valence-electron chi connectivity index (χ4n) is 2.48. The van der Waals surface area contributed by atoms with Crippen molar-refractivity contribution in [2.45, 2.75) is 0 Å². The van der Waals surface area contributed by atoms with Crippen molar-refractivity contribution in [1.82, 2.24) is 4.98 Å². The highest BCUT2D eigenvalue weighted by molar-refractivity contribution is 5.49. The Labute approximate surface area is 89.0 Å². The molecule has 2 atom stereocenters. The summed E-state index contributed by atoms with van der Waals surface area (Å²) >= 11 is 0. The van der Waals surface area contributed by atoms with Crippen LogP contribution in [0.15, 0.2) is 18.3 Å². The molecule has 2 saturated heterocycles. The summed E-state index contributed by atoms with van der Waals surface area (Å²) in [7, 11) is 0. The van der Waals surface area contributed by atoms with Crippen LogP contribution in [0.25, 0.3) is 0 Å². The molecule has 3 rings (SSSR count). The lowest BCUT2D eigenvalue weighted by atomic mass is 10.0. The van der Waals surface area contributed by atoms with Crippen molar-refractivity contribution in [3.8, 4) is 0 Å². The molecule has 3 heterocycles. The summed E-state index contributed by atoms with van der Waals surface area (Å²) in [6, 6.07) is 3.91. The lowest BCUT2D eigenvalue weighted by Crippen LogP contribution is -2.22. The van der Waals surface area contributed by atoms with Gasteiger partial charge in [0.25, 0.3) is 0 Å². The number of nitrogen functional groups attached to an aromatic ring is 1. The van der Waals surface area contributed by atoms with E-state index in [0.717, 1.165) is 26.3 Å². The van der Waals surface area contributed by atoms with Gasteiger partial charge in [0.2, 0.25) is 0 Å². The molecule has 0 aliphatic carbocycles. The Morgan fingerprint density at radius 1 is 1.27 bits per heavy atom. The number of nitrogens with two attached hydrogens (primary N) is 1. The molecule has 4 nitrogen and oxygen atoms in total. The molecule has 1 aromatic heterocycles. The van der Waals surface area contributed by atoms with E-state index in [1.54, 1.807) is 0 Å². The minimum absolute atomic E-state index is 0.585. The van der Waals surface area contributed by atoms with Gasteiger partial charge in [-0.1, -0.05) is 0 Å². The third-order valence-electron chi connectivity index (χ3n) is 3.38. The van der Waals surface area contributed by atoms with E-state index in [1.165, 1.54) is 5.69 Å². The van der Waals surface area contributed by atoms with Crippen LogP contribution in [-0.4, -0.2) is 31.3 Å². The molecule has 1 aromatic rings. The average molecular weight is 205 g/mol. The summed E-state index contributed by atoms with van der Waals surface area (Å²) < 4.78 is 5.45. The van der Waals surface area contributed by atoms with E-state index in [9.17, 15) is 0 Å². The molecule has 0 spiro atoms. The van der Waals surface area contributed by atoms with E-state index >= 15 is 0 Å². The smallest absolute Gasteiger partial charge is 0.123 e. The van der Waals surface area contributed by atoms with Gasteiger partial charge in [-0.3, -0.25) is 0 Å². The minimum atomic E-state index is 0.585. The number of pyridine rings is 1. The lowest BCUT2D eigenvalue weighted by Gasteiger charge is -2.19. The van der Waals surface area contributed by atoms with Crippen LogP contribution in [0.3, 0.4) is 0 Å². The van der Waals surface area contributed by atoms with Crippen molar-refractivity contribution in [2.75, 3.05) is 36.9 Å². The SMILES string of the molecule is Nc1ccc(N2CC3COCC3C2)cn1. The molecule has 0 radical (unpaired) electrons. The molecule has 4 heteroatoms. The highest BCUT2D eigenvalue weighted by atomic mass is 16.5. The third-order valence-corrected chi connectivity index (χ3v) is 3.38. The number of rotatable bonds is 1. The van der Waals surface area contributed by atoms with Gasteiger partial charge in [0.1, 0.15) is 5.82 Å². The Kier molecular flexibility index (Phi) is 2.02. The quantitative estimate of drug-likeness (QED) is 0.735. The second kappa shape index (κ2) is 3.38. The van der Waals surface area contributed by atoms with E-state index in [2.05, 4.69) is 9.88 Å². The molecular formula is C11H15N3O. The summed E-state index contributed by atoms with van der Waals surface area (Å²) in [5.74, 6) is 2.01. The Balaban J connectivity index is 1.76. The van der Waals surface area contributed by atoms with Gasteiger partial charge < -0.3 is 15.4 Å². The summed E-state index contributed by atoms with van der Waals surface area (Å²) in [4.78, 5) is 6.50. The van der Waals surface area contributed by atoms with Crippen molar-refractivity contribution in [1.29, 1.82) is 0 Å². The van der Waals surface area contributed by atoms with E-state index in [4.69, 9.17) is 10.5 Å². The van der Waals surface area contributed by atoms with Gasteiger partial charge in [-0.2, -0.15) is 0 Å². The fourth-order valence-corrected chi connectivity index (χ4v) is 2.48. The second-order valence-electron chi connectivity index (χ2n) is 4.40. The first-order valence-electron chi connectivity index (χ1n) is 5.37. The molecule has 0 bridgehead atoms. The van der Waals surface area contributed by atoms with Gasteiger partial charge in [-0.15, -0.1) is 0 Å². The summed E-state index contributed by atoms with van der Waals surface area (Å²) in [6.45, 7) is 4.03. The van der Waals surface area contributed by atoms with Crippen LogP contribution in [0, 0.1) is 11.8 Å². The summed E-state index contributed by atoms with van der Waals surface area (Å²) in [5, 5.41) is 0. The van der Waals surface area contributed by atoms with Crippen LogP contribution < -0.4 is 10.6 Å². The maximum Gasteiger partial charge on any atom is 0.123 e. The van der Waals surface area contributed by atoms with E-state index < -0.39 is 0 Å². The predicted molar refractivity (Wildman–Crippen MR) is 58.7 cm³/mol. The zero-order valence-corrected chi connectivity index (χ0v) is 8.60. The fraction of sp³-hybridized carbons (Fsp3) is 0.545. The molecule has 2 aliphatic rings. The van der Waals surface area contributed by atoms with Crippen molar-refractivity contribution >= 4 is 11.5 Å². The van der Waals surface area contributed by atoms with Gasteiger partial charge in [-0.25, -0.2) is 4.98 Å². The second-order valence-corrected chi connectivity index (χ2v) is 4.40. The highest BCUT2D eigenvalue weighted by Crippen LogP contribution is 2.32. The monoisotopic (exact) mass is 205 g/mol. The number of aromatic nitrogens is 1. The number of fused-ring (bicyclic) bond motifs is 1. The normalized spacial score (nSPS) is 29.5. The van der Waals surface area contributed by atoms with Crippen LogP contribution in [0.5, 0.6) is 0 Å². The number of ether oxygens (including phenoxy) is 1. The van der Waals surface area contributed by atoms with E-state index in [0.29, 0.717) is 17.7 Å². The number of hydrogen-bond donors (Lipinski definition) is 1. The first kappa shape index (κ1) is 8.97. The Hall–Kier alpha value is -1.29. The molecule has 2 unspecified atom stereocenters. The van der Waals surface area contributed by atoms with Crippen molar-refractivity contribution in [3.05, 3.63) is 18.3 Å². The highest BCUT2D eigenvalue weighted by Gasteiger charge is 2.37. The van der Waals surface area contributed by atoms with Crippen molar-refractivity contribution < 1.29 is 4.74 Å². The minimum Gasteiger partial charge on any atom is -0.384 e. The van der Waals surface area contributed by atoms with E-state index in [1.807, 2.05) is 18.3 Å². The standard InChI is InChI=1S/C11H15N3O/c12-11-2-1-10(3-13-11)14-4-8-6-15-7-9(8)5-14/h1-3,8-9H,4-7H2,(H2,12,13). The molecule has 0 aromatic carbocycles. The number of nitrogens with zero attached hydrogens (tertiary/aromatic N) is 2. The van der Waals surface area contributed by atoms with Gasteiger partial charge >= 0.3 is 0 Å². The van der Waals surface area contributed by atoms with Gasteiger partial charge in [0.15, 0.2) is 0 Å². The molecule has 2 aliphatic heterocycles. The van der Waals surface area contributed by atoms with Crippen molar-refractivity contribution in [3.63, 3.8) is 0 Å². The third kappa shape index (κ3) is 1.55. The Morgan fingerprint density at radius 3 is 2.60 bits per heavy atom. The molecule has 0 saturated carbocycles. The van der Waals surface area contributed by atoms with Crippen LogP contribution in [0.4, 0.5) is 11.5 Å². The van der Waals surface area contributed by atoms with Crippen LogP contribution in [-0.2, 0) is 4.74 Å². The zero-order valence-electron chi connectivity index (χ0n) is 8.60. The van der Waals surface area contributed by atoms with Gasteiger partial charge in [0.05, 0.1) is 25.1 Å². The van der Waals surface area contributed by atoms with Crippen LogP contribution in [0.2, 0.25) is 0 Å². The Morgan fingerprint density at radius 2 is 2.00 bits per heavy atom. The van der Waals surface area contributed by atoms with Crippen LogP contribution >= 0.6 is 0 Å². The summed E-state index contributed by atoms with van der Waals surface area (Å²) in [6.07, 6.45) is 1.86. The topological polar surface area (TPSA) is 51.4 Å². The number of anilines is 2. The molecule has 15 heavy (non-hydrogen) atoms. The van der Waals surface area contributed by atoms with Gasteiger partial charge in [-0.05, 0) is 12.1 Å². The Bertz CT molecular complexity index is 339. The molecule has 80 valence electrons. The van der Waals surface area contributed by atoms with Gasteiger partial charge in [0, 0.05) is 24.9 Å². The number of hydrogen-bond acceptors (Lipinski definition) is 4. The molecule has 2 fully saturated rings. The predicted octanol–water partition coefficient (Wildman–Crippen LogP) is 0.746. The maximum absolute atomic E-state index is 5.57. The maximum atomic E-state index is 5.57. The summed E-state index contributed by atoms with van der Waals surface area (Å²) in [5.41, 5.74) is 6.75. The zero-order chi connectivity index (χ0) is 10.3. The average Bonchev–Trinajstić information content (AvgIpc) is 2.78. The molecular weight excluding hydrogens is 190 g/mol. The van der Waals surface area contributed by atoms with E-state index in [-0.39, 0.29) is 0 Å². The van der Waals surface area contributed by atoms with Crippen molar-refractivity contribution in [2.24, 2.45) is 11.8 Å². The first-order chi connectivity index (χ1) is 7.33. The largest absolute Gasteiger partial charge is 0.384 e. The molecule has 0 amide bonds. The first-order valence-corrected chi connectivity index (χ1v) is 5.37. The van der Waals surface area contributed by atoms with Crippen LogP contribution in [0.1, 0.15) is 0 Å². The lowest BCUT2D eigenvalue weighted by molar-refractivity contribution is 0.177. The molecule has 2 N–H and O–H groups in total.